The molecule has 2 heterocycles. The van der Waals surface area contributed by atoms with E-state index in [9.17, 15) is 9.90 Å². The van der Waals surface area contributed by atoms with Crippen LogP contribution < -0.4 is 0 Å². The van der Waals surface area contributed by atoms with Gasteiger partial charge in [-0.1, -0.05) is 23.2 Å². The monoisotopic (exact) mass is 363 g/mol. The number of carboxylic acid groups (broad SMARTS) is 1. The number of rotatable bonds is 3. The van der Waals surface area contributed by atoms with Crippen LogP contribution in [-0.4, -0.2) is 25.4 Å². The molecule has 0 saturated carbocycles. The second-order valence-corrected chi connectivity index (χ2v) is 6.41. The van der Waals surface area contributed by atoms with E-state index in [0.717, 1.165) is 11.4 Å². The van der Waals surface area contributed by atoms with Crippen molar-refractivity contribution < 1.29 is 9.90 Å². The van der Waals surface area contributed by atoms with E-state index in [1.165, 1.54) is 0 Å². The van der Waals surface area contributed by atoms with Crippen LogP contribution in [0.25, 0.3) is 11.5 Å². The number of benzene rings is 1. The van der Waals surface area contributed by atoms with Gasteiger partial charge in [0.2, 0.25) is 0 Å². The average molecular weight is 364 g/mol. The summed E-state index contributed by atoms with van der Waals surface area (Å²) in [5.41, 5.74) is 3.07. The van der Waals surface area contributed by atoms with Gasteiger partial charge in [0.25, 0.3) is 0 Å². The standard InChI is InChI=1S/C17H15Cl2N3O2/c1-9-4-5-10(2)21(9)16-11(3)15(17(23)24)20-22(16)14-7-6-12(18)8-13(14)19/h4-8H,1-3H3,(H,23,24). The number of aromatic carboxylic acids is 1. The van der Waals surface area contributed by atoms with Crippen molar-refractivity contribution in [3.05, 3.63) is 63.0 Å². The maximum Gasteiger partial charge on any atom is 0.356 e. The molecular weight excluding hydrogens is 349 g/mol. The zero-order chi connectivity index (χ0) is 17.6. The summed E-state index contributed by atoms with van der Waals surface area (Å²) in [5, 5.41) is 14.6. The van der Waals surface area contributed by atoms with Crippen molar-refractivity contribution in [2.45, 2.75) is 20.8 Å². The SMILES string of the molecule is Cc1c(C(=O)O)nn(-c2ccc(Cl)cc2Cl)c1-n1c(C)ccc1C. The fourth-order valence-electron chi connectivity index (χ4n) is 2.78. The first kappa shape index (κ1) is 16.6. The molecule has 3 aromatic rings. The molecule has 24 heavy (non-hydrogen) atoms. The first-order valence-corrected chi connectivity index (χ1v) is 8.00. The van der Waals surface area contributed by atoms with Gasteiger partial charge in [-0.05, 0) is 51.1 Å². The molecule has 0 radical (unpaired) electrons. The number of aryl methyl sites for hydroxylation is 2. The van der Waals surface area contributed by atoms with Gasteiger partial charge in [-0.25, -0.2) is 9.48 Å². The van der Waals surface area contributed by atoms with Crippen LogP contribution in [0.5, 0.6) is 0 Å². The summed E-state index contributed by atoms with van der Waals surface area (Å²) in [4.78, 5) is 11.6. The molecule has 0 aliphatic rings. The van der Waals surface area contributed by atoms with E-state index >= 15 is 0 Å². The van der Waals surface area contributed by atoms with E-state index in [1.807, 2.05) is 30.5 Å². The molecule has 0 spiro atoms. The van der Waals surface area contributed by atoms with Gasteiger partial charge in [-0.2, -0.15) is 5.10 Å². The third-order valence-corrected chi connectivity index (χ3v) is 4.45. The summed E-state index contributed by atoms with van der Waals surface area (Å²) in [6.07, 6.45) is 0. The smallest absolute Gasteiger partial charge is 0.356 e. The minimum atomic E-state index is -1.08. The second-order valence-electron chi connectivity index (χ2n) is 5.56. The molecule has 0 saturated heterocycles. The number of nitrogens with zero attached hydrogens (tertiary/aromatic N) is 3. The molecule has 1 N–H and O–H groups in total. The fourth-order valence-corrected chi connectivity index (χ4v) is 3.26. The van der Waals surface area contributed by atoms with Crippen molar-refractivity contribution in [2.75, 3.05) is 0 Å². The molecule has 0 amide bonds. The normalized spacial score (nSPS) is 11.0. The lowest BCUT2D eigenvalue weighted by atomic mass is 10.2. The molecule has 5 nitrogen and oxygen atoms in total. The summed E-state index contributed by atoms with van der Waals surface area (Å²) in [5.74, 6) is -0.434. The Balaban J connectivity index is 2.38. The Morgan fingerprint density at radius 3 is 2.25 bits per heavy atom. The van der Waals surface area contributed by atoms with Crippen LogP contribution in [0.2, 0.25) is 10.0 Å². The van der Waals surface area contributed by atoms with Crippen molar-refractivity contribution in [3.63, 3.8) is 0 Å². The van der Waals surface area contributed by atoms with E-state index in [2.05, 4.69) is 5.10 Å². The van der Waals surface area contributed by atoms with E-state index in [4.69, 9.17) is 23.2 Å². The lowest BCUT2D eigenvalue weighted by Gasteiger charge is -2.14. The zero-order valence-corrected chi connectivity index (χ0v) is 14.9. The molecule has 0 bridgehead atoms. The topological polar surface area (TPSA) is 60.0 Å². The number of aromatic nitrogens is 3. The summed E-state index contributed by atoms with van der Waals surface area (Å²) in [6, 6.07) is 8.96. The van der Waals surface area contributed by atoms with E-state index in [-0.39, 0.29) is 5.69 Å². The number of hydrogen-bond acceptors (Lipinski definition) is 2. The van der Waals surface area contributed by atoms with Crippen molar-refractivity contribution in [1.29, 1.82) is 0 Å². The van der Waals surface area contributed by atoms with Crippen LogP contribution in [0.1, 0.15) is 27.4 Å². The first-order valence-electron chi connectivity index (χ1n) is 7.25. The predicted octanol–water partition coefficient (Wildman–Crippen LogP) is 4.59. The van der Waals surface area contributed by atoms with Gasteiger partial charge < -0.3 is 9.67 Å². The minimum Gasteiger partial charge on any atom is -0.476 e. The largest absolute Gasteiger partial charge is 0.476 e. The second kappa shape index (κ2) is 6.00. The van der Waals surface area contributed by atoms with Gasteiger partial charge in [0, 0.05) is 22.0 Å². The van der Waals surface area contributed by atoms with Gasteiger partial charge in [0.05, 0.1) is 10.7 Å². The molecule has 0 aliphatic heterocycles. The summed E-state index contributed by atoms with van der Waals surface area (Å²) < 4.78 is 3.51. The van der Waals surface area contributed by atoms with Crippen molar-refractivity contribution in [2.24, 2.45) is 0 Å². The molecule has 0 unspecified atom stereocenters. The maximum absolute atomic E-state index is 11.6. The van der Waals surface area contributed by atoms with Gasteiger partial charge in [0.1, 0.15) is 5.82 Å². The molecule has 7 heteroatoms. The molecule has 3 rings (SSSR count). The first-order chi connectivity index (χ1) is 11.3. The molecule has 0 atom stereocenters. The quantitative estimate of drug-likeness (QED) is 0.739. The summed E-state index contributed by atoms with van der Waals surface area (Å²) >= 11 is 12.3. The molecule has 1 aromatic carbocycles. The highest BCUT2D eigenvalue weighted by Crippen LogP contribution is 2.30. The Bertz CT molecular complexity index is 938. The van der Waals surface area contributed by atoms with Crippen molar-refractivity contribution in [1.82, 2.24) is 14.3 Å². The Labute approximate surface area is 149 Å². The fraction of sp³-hybridized carbons (Fsp3) is 0.176. The van der Waals surface area contributed by atoms with Gasteiger partial charge in [-0.15, -0.1) is 0 Å². The molecule has 0 aliphatic carbocycles. The van der Waals surface area contributed by atoms with Crippen LogP contribution in [-0.2, 0) is 0 Å². The Morgan fingerprint density at radius 2 is 1.71 bits per heavy atom. The van der Waals surface area contributed by atoms with Gasteiger partial charge in [-0.3, -0.25) is 0 Å². The highest BCUT2D eigenvalue weighted by Gasteiger charge is 2.24. The number of carbonyl (C=O) groups is 1. The van der Waals surface area contributed by atoms with E-state index in [0.29, 0.717) is 27.1 Å². The number of halogens is 2. The lowest BCUT2D eigenvalue weighted by Crippen LogP contribution is -2.09. The highest BCUT2D eigenvalue weighted by atomic mass is 35.5. The van der Waals surface area contributed by atoms with Gasteiger partial charge in [0.15, 0.2) is 5.69 Å². The summed E-state index contributed by atoms with van der Waals surface area (Å²) in [6.45, 7) is 5.65. The molecule has 0 fully saturated rings. The van der Waals surface area contributed by atoms with Crippen LogP contribution in [0.15, 0.2) is 30.3 Å². The Morgan fingerprint density at radius 1 is 1.08 bits per heavy atom. The zero-order valence-electron chi connectivity index (χ0n) is 13.3. The van der Waals surface area contributed by atoms with E-state index in [1.54, 1.807) is 29.8 Å². The van der Waals surface area contributed by atoms with Crippen molar-refractivity contribution >= 4 is 29.2 Å². The lowest BCUT2D eigenvalue weighted by molar-refractivity contribution is 0.0689. The average Bonchev–Trinajstić information content (AvgIpc) is 2.99. The Hall–Kier alpha value is -2.24. The summed E-state index contributed by atoms with van der Waals surface area (Å²) in [7, 11) is 0. The molecule has 2 aromatic heterocycles. The third kappa shape index (κ3) is 2.60. The van der Waals surface area contributed by atoms with E-state index < -0.39 is 5.97 Å². The number of hydrogen-bond donors (Lipinski definition) is 1. The Kier molecular flexibility index (Phi) is 4.15. The predicted molar refractivity (Wildman–Crippen MR) is 94.1 cm³/mol. The van der Waals surface area contributed by atoms with Crippen LogP contribution >= 0.6 is 23.2 Å². The number of carboxylic acids is 1. The molecular formula is C17H15Cl2N3O2. The van der Waals surface area contributed by atoms with Crippen molar-refractivity contribution in [3.8, 4) is 11.5 Å². The molecule has 124 valence electrons. The minimum absolute atomic E-state index is 0.0106. The van der Waals surface area contributed by atoms with Crippen LogP contribution in [0, 0.1) is 20.8 Å². The third-order valence-electron chi connectivity index (χ3n) is 3.91. The highest BCUT2D eigenvalue weighted by molar-refractivity contribution is 6.35. The van der Waals surface area contributed by atoms with Crippen LogP contribution in [0.3, 0.4) is 0 Å². The van der Waals surface area contributed by atoms with Crippen LogP contribution in [0.4, 0.5) is 0 Å². The van der Waals surface area contributed by atoms with Gasteiger partial charge >= 0.3 is 5.97 Å². The maximum atomic E-state index is 11.6.